The summed E-state index contributed by atoms with van der Waals surface area (Å²) in [7, 11) is 1.91. The zero-order valence-electron chi connectivity index (χ0n) is 12.8. The second kappa shape index (κ2) is 7.27. The van der Waals surface area contributed by atoms with Crippen molar-refractivity contribution in [2.24, 2.45) is 0 Å². The van der Waals surface area contributed by atoms with Crippen molar-refractivity contribution >= 4 is 27.5 Å². The number of nitrogens with two attached hydrogens (primary N) is 1. The third kappa shape index (κ3) is 3.98. The zero-order chi connectivity index (χ0) is 15.4. The second-order valence-electron chi connectivity index (χ2n) is 5.73. The van der Waals surface area contributed by atoms with E-state index in [0.717, 1.165) is 36.9 Å². The third-order valence-corrected chi connectivity index (χ3v) is 4.90. The van der Waals surface area contributed by atoms with Gasteiger partial charge >= 0.3 is 0 Å². The number of nitrogens with zero attached hydrogens (tertiary/aromatic N) is 2. The summed E-state index contributed by atoms with van der Waals surface area (Å²) < 4.78 is 0.777. The van der Waals surface area contributed by atoms with Crippen molar-refractivity contribution in [3.8, 4) is 0 Å². The maximum atomic E-state index is 12.6. The van der Waals surface area contributed by atoms with E-state index < -0.39 is 0 Å². The van der Waals surface area contributed by atoms with E-state index in [0.29, 0.717) is 17.3 Å². The quantitative estimate of drug-likeness (QED) is 0.846. The number of likely N-dealkylation sites (tertiary alicyclic amines) is 1. The van der Waals surface area contributed by atoms with Gasteiger partial charge < -0.3 is 15.5 Å². The summed E-state index contributed by atoms with van der Waals surface area (Å²) in [5.74, 6) is 0.0737. The van der Waals surface area contributed by atoms with Gasteiger partial charge in [-0.1, -0.05) is 6.92 Å². The van der Waals surface area contributed by atoms with Gasteiger partial charge in [-0.15, -0.1) is 0 Å². The van der Waals surface area contributed by atoms with Crippen LogP contribution in [-0.4, -0.2) is 48.4 Å². The van der Waals surface area contributed by atoms with Crippen LogP contribution in [0.15, 0.2) is 22.7 Å². The first-order valence-electron chi connectivity index (χ1n) is 7.57. The van der Waals surface area contributed by atoms with Gasteiger partial charge in [-0.2, -0.15) is 0 Å². The first-order valence-corrected chi connectivity index (χ1v) is 8.36. The van der Waals surface area contributed by atoms with E-state index in [1.807, 2.05) is 11.9 Å². The van der Waals surface area contributed by atoms with E-state index in [4.69, 9.17) is 5.73 Å². The van der Waals surface area contributed by atoms with Crippen molar-refractivity contribution in [3.63, 3.8) is 0 Å². The highest BCUT2D eigenvalue weighted by Crippen LogP contribution is 2.23. The number of hydrogen-bond acceptors (Lipinski definition) is 3. The van der Waals surface area contributed by atoms with Crippen LogP contribution < -0.4 is 5.73 Å². The van der Waals surface area contributed by atoms with Crippen LogP contribution in [0.4, 0.5) is 5.69 Å². The average Bonchev–Trinajstić information content (AvgIpc) is 2.50. The Morgan fingerprint density at radius 1 is 1.43 bits per heavy atom. The average molecular weight is 354 g/mol. The molecule has 1 aliphatic rings. The summed E-state index contributed by atoms with van der Waals surface area (Å²) in [5.41, 5.74) is 7.12. The number of nitrogen functional groups attached to an aromatic ring is 1. The molecule has 5 heteroatoms. The number of amides is 1. The molecule has 0 radical (unpaired) electrons. The summed E-state index contributed by atoms with van der Waals surface area (Å²) in [6, 6.07) is 5.71. The molecule has 1 amide bonds. The van der Waals surface area contributed by atoms with Gasteiger partial charge in [0.05, 0.1) is 0 Å². The second-order valence-corrected chi connectivity index (χ2v) is 6.58. The molecule has 1 aliphatic heterocycles. The molecule has 4 nitrogen and oxygen atoms in total. The van der Waals surface area contributed by atoms with Crippen LogP contribution >= 0.6 is 15.9 Å². The predicted octanol–water partition coefficient (Wildman–Crippen LogP) is 2.98. The lowest BCUT2D eigenvalue weighted by molar-refractivity contribution is 0.0642. The van der Waals surface area contributed by atoms with Crippen LogP contribution in [0.5, 0.6) is 0 Å². The molecule has 1 saturated heterocycles. The summed E-state index contributed by atoms with van der Waals surface area (Å²) in [5, 5.41) is 0. The van der Waals surface area contributed by atoms with E-state index in [2.05, 4.69) is 27.8 Å². The monoisotopic (exact) mass is 353 g/mol. The Morgan fingerprint density at radius 3 is 2.67 bits per heavy atom. The Morgan fingerprint density at radius 2 is 2.10 bits per heavy atom. The molecule has 0 aliphatic carbocycles. The Labute approximate surface area is 135 Å². The van der Waals surface area contributed by atoms with Crippen molar-refractivity contribution in [1.29, 1.82) is 0 Å². The van der Waals surface area contributed by atoms with Crippen molar-refractivity contribution in [2.75, 3.05) is 32.4 Å². The van der Waals surface area contributed by atoms with Crippen LogP contribution in [-0.2, 0) is 0 Å². The van der Waals surface area contributed by atoms with E-state index >= 15 is 0 Å². The van der Waals surface area contributed by atoms with Crippen molar-refractivity contribution < 1.29 is 4.79 Å². The fourth-order valence-electron chi connectivity index (χ4n) is 2.88. The normalized spacial score (nSPS) is 16.9. The molecule has 1 aromatic carbocycles. The highest BCUT2D eigenvalue weighted by atomic mass is 79.9. The predicted molar refractivity (Wildman–Crippen MR) is 90.4 cm³/mol. The molecule has 0 unspecified atom stereocenters. The molecule has 2 rings (SSSR count). The van der Waals surface area contributed by atoms with Crippen molar-refractivity contribution in [3.05, 3.63) is 28.2 Å². The first kappa shape index (κ1) is 16.3. The van der Waals surface area contributed by atoms with Gasteiger partial charge in [0.1, 0.15) is 0 Å². The number of rotatable bonds is 4. The number of carbonyl (C=O) groups excluding carboxylic acids is 1. The standard InChI is InChI=1S/C16H24BrN3O/c1-3-8-20-9-6-13(7-10-20)19(2)16(21)12-4-5-15(18)14(17)11-12/h4-5,11,13H,3,6-10,18H2,1-2H3. The molecule has 21 heavy (non-hydrogen) atoms. The molecule has 0 bridgehead atoms. The number of halogens is 1. The summed E-state index contributed by atoms with van der Waals surface area (Å²) in [4.78, 5) is 16.9. The Bertz CT molecular complexity index is 498. The third-order valence-electron chi connectivity index (χ3n) is 4.21. The van der Waals surface area contributed by atoms with Crippen molar-refractivity contribution in [2.45, 2.75) is 32.2 Å². The first-order chi connectivity index (χ1) is 10.0. The summed E-state index contributed by atoms with van der Waals surface area (Å²) >= 11 is 3.38. The Hall–Kier alpha value is -1.07. The largest absolute Gasteiger partial charge is 0.398 e. The minimum absolute atomic E-state index is 0.0737. The van der Waals surface area contributed by atoms with Gasteiger partial charge in [0.25, 0.3) is 5.91 Å². The minimum atomic E-state index is 0.0737. The van der Waals surface area contributed by atoms with Crippen LogP contribution in [0.25, 0.3) is 0 Å². The summed E-state index contributed by atoms with van der Waals surface area (Å²) in [6.07, 6.45) is 3.30. The van der Waals surface area contributed by atoms with Gasteiger partial charge in [-0.05, 0) is 59.9 Å². The van der Waals surface area contributed by atoms with Crippen LogP contribution in [0.3, 0.4) is 0 Å². The molecule has 1 fully saturated rings. The van der Waals surface area contributed by atoms with Crippen LogP contribution in [0.2, 0.25) is 0 Å². The smallest absolute Gasteiger partial charge is 0.253 e. The number of hydrogen-bond donors (Lipinski definition) is 1. The van der Waals surface area contributed by atoms with Crippen LogP contribution in [0, 0.1) is 0 Å². The van der Waals surface area contributed by atoms with Gasteiger partial charge in [-0.25, -0.2) is 0 Å². The molecule has 0 spiro atoms. The molecule has 1 aromatic rings. The molecule has 2 N–H and O–H groups in total. The SMILES string of the molecule is CCCN1CCC(N(C)C(=O)c2ccc(N)c(Br)c2)CC1. The maximum Gasteiger partial charge on any atom is 0.253 e. The van der Waals surface area contributed by atoms with Gasteiger partial charge in [0.2, 0.25) is 0 Å². The number of carbonyl (C=O) groups is 1. The Kier molecular flexibility index (Phi) is 5.65. The molecular weight excluding hydrogens is 330 g/mol. The topological polar surface area (TPSA) is 49.6 Å². The molecule has 0 aromatic heterocycles. The van der Waals surface area contributed by atoms with Crippen LogP contribution in [0.1, 0.15) is 36.5 Å². The van der Waals surface area contributed by atoms with Crippen molar-refractivity contribution in [1.82, 2.24) is 9.80 Å². The lowest BCUT2D eigenvalue weighted by Crippen LogP contribution is -2.45. The van der Waals surface area contributed by atoms with E-state index in [1.165, 1.54) is 6.42 Å². The van der Waals surface area contributed by atoms with E-state index in [-0.39, 0.29) is 5.91 Å². The highest BCUT2D eigenvalue weighted by molar-refractivity contribution is 9.10. The van der Waals surface area contributed by atoms with Gasteiger partial charge in [0, 0.05) is 41.9 Å². The van der Waals surface area contributed by atoms with E-state index in [1.54, 1.807) is 18.2 Å². The number of anilines is 1. The maximum absolute atomic E-state index is 12.6. The van der Waals surface area contributed by atoms with E-state index in [9.17, 15) is 4.79 Å². The Balaban J connectivity index is 1.98. The van der Waals surface area contributed by atoms with Gasteiger partial charge in [0.15, 0.2) is 0 Å². The number of piperidine rings is 1. The lowest BCUT2D eigenvalue weighted by atomic mass is 10.0. The fourth-order valence-corrected chi connectivity index (χ4v) is 3.25. The molecular formula is C16H24BrN3O. The molecule has 116 valence electrons. The molecule has 0 saturated carbocycles. The fraction of sp³-hybridized carbons (Fsp3) is 0.562. The zero-order valence-corrected chi connectivity index (χ0v) is 14.4. The number of benzene rings is 1. The van der Waals surface area contributed by atoms with Gasteiger partial charge in [-0.3, -0.25) is 4.79 Å². The minimum Gasteiger partial charge on any atom is -0.398 e. The lowest BCUT2D eigenvalue weighted by Gasteiger charge is -2.36. The molecule has 0 atom stereocenters. The highest BCUT2D eigenvalue weighted by Gasteiger charge is 2.25. The molecule has 1 heterocycles. The summed E-state index contributed by atoms with van der Waals surface area (Å²) in [6.45, 7) is 5.54.